The number of ether oxygens (including phenoxy) is 2. The molecule has 1 aliphatic carbocycles. The van der Waals surface area contributed by atoms with E-state index in [1.54, 1.807) is 6.92 Å². The average molecular weight is 367 g/mol. The maximum atomic E-state index is 12.4. The number of amides is 1. The minimum absolute atomic E-state index is 0.122. The Bertz CT molecular complexity index is 785. The molecule has 4 heteroatoms. The van der Waals surface area contributed by atoms with Crippen LogP contribution in [0.4, 0.5) is 0 Å². The Morgan fingerprint density at radius 3 is 2.48 bits per heavy atom. The molecule has 0 bridgehead atoms. The van der Waals surface area contributed by atoms with Gasteiger partial charge in [0.2, 0.25) is 0 Å². The molecule has 1 unspecified atom stereocenters. The van der Waals surface area contributed by atoms with Crippen molar-refractivity contribution in [2.24, 2.45) is 0 Å². The van der Waals surface area contributed by atoms with Crippen LogP contribution in [0.15, 0.2) is 42.5 Å². The van der Waals surface area contributed by atoms with Crippen molar-refractivity contribution in [2.75, 3.05) is 0 Å². The molecule has 0 radical (unpaired) electrons. The number of hydrogen-bond acceptors (Lipinski definition) is 3. The summed E-state index contributed by atoms with van der Waals surface area (Å²) in [4.78, 5) is 12.4. The zero-order chi connectivity index (χ0) is 19.2. The van der Waals surface area contributed by atoms with E-state index in [-0.39, 0.29) is 12.0 Å². The first-order valence-corrected chi connectivity index (χ1v) is 9.83. The molecule has 0 aromatic heterocycles. The highest BCUT2D eigenvalue weighted by molar-refractivity contribution is 5.80. The lowest BCUT2D eigenvalue weighted by Crippen LogP contribution is -2.35. The number of fused-ring (bicyclic) bond motifs is 1. The summed E-state index contributed by atoms with van der Waals surface area (Å²) in [5.41, 5.74) is 3.77. The molecule has 0 spiro atoms. The van der Waals surface area contributed by atoms with Crippen LogP contribution >= 0.6 is 0 Å². The van der Waals surface area contributed by atoms with Crippen molar-refractivity contribution < 1.29 is 14.3 Å². The standard InChI is InChI=1S/C23H29NO3/c1-16(2)26-21-10-6-7-18(13-21)15-24-23(25)17(3)27-22-12-11-19-8-4-5-9-20(19)14-22/h6-7,10-14,16-17H,4-5,8-9,15H2,1-3H3,(H,24,25). The summed E-state index contributed by atoms with van der Waals surface area (Å²) >= 11 is 0. The summed E-state index contributed by atoms with van der Waals surface area (Å²) in [6.45, 7) is 6.22. The van der Waals surface area contributed by atoms with Crippen molar-refractivity contribution in [3.8, 4) is 11.5 Å². The number of carbonyl (C=O) groups is 1. The second-order valence-corrected chi connectivity index (χ2v) is 7.43. The van der Waals surface area contributed by atoms with Gasteiger partial charge in [0.1, 0.15) is 11.5 Å². The van der Waals surface area contributed by atoms with Gasteiger partial charge in [0.05, 0.1) is 6.10 Å². The van der Waals surface area contributed by atoms with Gasteiger partial charge in [0, 0.05) is 6.54 Å². The Morgan fingerprint density at radius 1 is 0.963 bits per heavy atom. The highest BCUT2D eigenvalue weighted by Gasteiger charge is 2.16. The highest BCUT2D eigenvalue weighted by Crippen LogP contribution is 2.26. The van der Waals surface area contributed by atoms with Crippen molar-refractivity contribution >= 4 is 5.91 Å². The van der Waals surface area contributed by atoms with Crippen molar-refractivity contribution in [1.29, 1.82) is 0 Å². The summed E-state index contributed by atoms with van der Waals surface area (Å²) in [6.07, 6.45) is 4.32. The minimum atomic E-state index is -0.540. The topological polar surface area (TPSA) is 47.6 Å². The third-order valence-electron chi connectivity index (χ3n) is 4.74. The monoisotopic (exact) mass is 367 g/mol. The zero-order valence-corrected chi connectivity index (χ0v) is 16.5. The van der Waals surface area contributed by atoms with Gasteiger partial charge in [-0.15, -0.1) is 0 Å². The number of hydrogen-bond donors (Lipinski definition) is 1. The predicted octanol–water partition coefficient (Wildman–Crippen LogP) is 4.44. The van der Waals surface area contributed by atoms with Crippen LogP contribution in [0.2, 0.25) is 0 Å². The van der Waals surface area contributed by atoms with E-state index in [4.69, 9.17) is 9.47 Å². The molecule has 0 aliphatic heterocycles. The van der Waals surface area contributed by atoms with E-state index in [1.807, 2.05) is 44.2 Å². The molecule has 144 valence electrons. The fourth-order valence-electron chi connectivity index (χ4n) is 3.37. The smallest absolute Gasteiger partial charge is 0.261 e. The molecule has 2 aromatic rings. The minimum Gasteiger partial charge on any atom is -0.491 e. The van der Waals surface area contributed by atoms with Crippen LogP contribution in [0.1, 0.15) is 50.3 Å². The maximum Gasteiger partial charge on any atom is 0.261 e. The molecule has 2 aromatic carbocycles. The van der Waals surface area contributed by atoms with Crippen molar-refractivity contribution in [2.45, 2.75) is 65.2 Å². The average Bonchev–Trinajstić information content (AvgIpc) is 2.65. The van der Waals surface area contributed by atoms with Gasteiger partial charge in [-0.2, -0.15) is 0 Å². The summed E-state index contributed by atoms with van der Waals surface area (Å²) in [5.74, 6) is 1.46. The van der Waals surface area contributed by atoms with Gasteiger partial charge in [-0.05, 0) is 87.4 Å². The van der Waals surface area contributed by atoms with Crippen LogP contribution in [0, 0.1) is 0 Å². The molecular weight excluding hydrogens is 338 g/mol. The normalized spacial score (nSPS) is 14.4. The van der Waals surface area contributed by atoms with Crippen LogP contribution in [0.25, 0.3) is 0 Å². The van der Waals surface area contributed by atoms with E-state index in [2.05, 4.69) is 17.4 Å². The Morgan fingerprint density at radius 2 is 1.70 bits per heavy atom. The van der Waals surface area contributed by atoms with Gasteiger partial charge < -0.3 is 14.8 Å². The first-order valence-electron chi connectivity index (χ1n) is 9.83. The second-order valence-electron chi connectivity index (χ2n) is 7.43. The summed E-state index contributed by atoms with van der Waals surface area (Å²) in [6, 6.07) is 14.0. The lowest BCUT2D eigenvalue weighted by Gasteiger charge is -2.19. The Hall–Kier alpha value is -2.49. The van der Waals surface area contributed by atoms with Gasteiger partial charge in [-0.25, -0.2) is 0 Å². The molecule has 3 rings (SSSR count). The molecule has 4 nitrogen and oxygen atoms in total. The summed E-state index contributed by atoms with van der Waals surface area (Å²) < 4.78 is 11.6. The number of nitrogens with one attached hydrogen (secondary N) is 1. The van der Waals surface area contributed by atoms with Crippen LogP contribution in [0.5, 0.6) is 11.5 Å². The Kier molecular flexibility index (Phi) is 6.38. The molecule has 1 N–H and O–H groups in total. The first kappa shape index (κ1) is 19.3. The van der Waals surface area contributed by atoms with Crippen LogP contribution in [-0.2, 0) is 24.2 Å². The highest BCUT2D eigenvalue weighted by atomic mass is 16.5. The van der Waals surface area contributed by atoms with Gasteiger partial charge >= 0.3 is 0 Å². The molecule has 0 saturated carbocycles. The fourth-order valence-corrected chi connectivity index (χ4v) is 3.37. The molecular formula is C23H29NO3. The Labute approximate surface area is 161 Å². The van der Waals surface area contributed by atoms with E-state index >= 15 is 0 Å². The molecule has 1 amide bonds. The SMILES string of the molecule is CC(C)Oc1cccc(CNC(=O)C(C)Oc2ccc3c(c2)CCCC3)c1. The van der Waals surface area contributed by atoms with E-state index < -0.39 is 6.10 Å². The van der Waals surface area contributed by atoms with Crippen molar-refractivity contribution in [1.82, 2.24) is 5.32 Å². The van der Waals surface area contributed by atoms with E-state index in [1.165, 1.54) is 24.0 Å². The lowest BCUT2D eigenvalue weighted by atomic mass is 9.92. The number of rotatable bonds is 7. The molecule has 1 aliphatic rings. The maximum absolute atomic E-state index is 12.4. The van der Waals surface area contributed by atoms with Crippen LogP contribution in [-0.4, -0.2) is 18.1 Å². The summed E-state index contributed by atoms with van der Waals surface area (Å²) in [7, 11) is 0. The van der Waals surface area contributed by atoms with Crippen LogP contribution in [0.3, 0.4) is 0 Å². The summed E-state index contributed by atoms with van der Waals surface area (Å²) in [5, 5.41) is 2.94. The third kappa shape index (κ3) is 5.49. The molecule has 0 fully saturated rings. The number of carbonyl (C=O) groups excluding carboxylic acids is 1. The fraction of sp³-hybridized carbons (Fsp3) is 0.435. The largest absolute Gasteiger partial charge is 0.491 e. The number of aryl methyl sites for hydroxylation is 2. The lowest BCUT2D eigenvalue weighted by molar-refractivity contribution is -0.127. The van der Waals surface area contributed by atoms with Gasteiger partial charge in [0.25, 0.3) is 5.91 Å². The van der Waals surface area contributed by atoms with E-state index in [9.17, 15) is 4.79 Å². The predicted molar refractivity (Wildman–Crippen MR) is 107 cm³/mol. The van der Waals surface area contributed by atoms with Crippen molar-refractivity contribution in [3.63, 3.8) is 0 Å². The quantitative estimate of drug-likeness (QED) is 0.787. The Balaban J connectivity index is 1.53. The molecule has 27 heavy (non-hydrogen) atoms. The van der Waals surface area contributed by atoms with Gasteiger partial charge in [-0.3, -0.25) is 4.79 Å². The molecule has 0 saturated heterocycles. The molecule has 0 heterocycles. The van der Waals surface area contributed by atoms with Crippen molar-refractivity contribution in [3.05, 3.63) is 59.2 Å². The van der Waals surface area contributed by atoms with E-state index in [0.717, 1.165) is 29.9 Å². The number of benzene rings is 2. The zero-order valence-electron chi connectivity index (χ0n) is 16.5. The van der Waals surface area contributed by atoms with E-state index in [0.29, 0.717) is 6.54 Å². The molecule has 1 atom stereocenters. The van der Waals surface area contributed by atoms with Gasteiger partial charge in [-0.1, -0.05) is 18.2 Å². The van der Waals surface area contributed by atoms with Crippen LogP contribution < -0.4 is 14.8 Å². The first-order chi connectivity index (χ1) is 13.0. The van der Waals surface area contributed by atoms with Gasteiger partial charge in [0.15, 0.2) is 6.10 Å². The third-order valence-corrected chi connectivity index (χ3v) is 4.74. The second kappa shape index (κ2) is 8.94.